The molecule has 24 heavy (non-hydrogen) atoms. The van der Waals surface area contributed by atoms with E-state index >= 15 is 0 Å². The number of rotatable bonds is 6. The van der Waals surface area contributed by atoms with Crippen LogP contribution in [-0.2, 0) is 4.79 Å². The van der Waals surface area contributed by atoms with E-state index in [0.717, 1.165) is 0 Å². The summed E-state index contributed by atoms with van der Waals surface area (Å²) >= 11 is 0. The van der Waals surface area contributed by atoms with Gasteiger partial charge in [-0.3, -0.25) is 9.89 Å². The van der Waals surface area contributed by atoms with Crippen LogP contribution < -0.4 is 5.56 Å². The normalized spacial score (nSPS) is 13.4. The summed E-state index contributed by atoms with van der Waals surface area (Å²) in [4.78, 5) is 27.5. The molecule has 0 saturated heterocycles. The Morgan fingerprint density at radius 2 is 2.00 bits per heavy atom. The number of hydrogen-bond acceptors (Lipinski definition) is 3. The molecule has 0 saturated carbocycles. The lowest BCUT2D eigenvalue weighted by atomic mass is 10.1. The zero-order valence-electron chi connectivity index (χ0n) is 14.0. The molecule has 1 heterocycles. The Morgan fingerprint density at radius 3 is 2.50 bits per heavy atom. The van der Waals surface area contributed by atoms with E-state index in [1.807, 2.05) is 19.1 Å². The number of aryl methyl sites for hydroxylation is 1. The van der Waals surface area contributed by atoms with Gasteiger partial charge in [-0.25, -0.2) is 14.5 Å². The Labute approximate surface area is 140 Å². The molecule has 1 aromatic heterocycles. The highest BCUT2D eigenvalue weighted by Gasteiger charge is 2.15. The molecule has 1 rings (SSSR count). The van der Waals surface area contributed by atoms with Crippen molar-refractivity contribution in [2.24, 2.45) is 4.99 Å². The summed E-state index contributed by atoms with van der Waals surface area (Å²) in [5.41, 5.74) is 1.51. The summed E-state index contributed by atoms with van der Waals surface area (Å²) in [6, 6.07) is 0. The summed E-state index contributed by atoms with van der Waals surface area (Å²) in [6.45, 7) is 12.4. The van der Waals surface area contributed by atoms with Crippen molar-refractivity contribution in [2.45, 2.75) is 20.8 Å². The highest BCUT2D eigenvalue weighted by atomic mass is 16.4. The Balaban J connectivity index is 3.50. The van der Waals surface area contributed by atoms with Crippen molar-refractivity contribution in [2.75, 3.05) is 0 Å². The van der Waals surface area contributed by atoms with Crippen LogP contribution in [0.15, 0.2) is 65.1 Å². The molecular weight excluding hydrogens is 306 g/mol. The monoisotopic (exact) mass is 327 g/mol. The van der Waals surface area contributed by atoms with Crippen molar-refractivity contribution in [3.63, 3.8) is 0 Å². The molecule has 6 heteroatoms. The fourth-order valence-corrected chi connectivity index (χ4v) is 1.92. The zero-order chi connectivity index (χ0) is 18.3. The first-order valence-electron chi connectivity index (χ1n) is 7.25. The van der Waals surface area contributed by atoms with E-state index in [-0.39, 0.29) is 17.0 Å². The number of aromatic nitrogens is 2. The molecule has 0 aromatic carbocycles. The van der Waals surface area contributed by atoms with Crippen molar-refractivity contribution in [1.29, 1.82) is 0 Å². The quantitative estimate of drug-likeness (QED) is 0.364. The molecule has 2 N–H and O–H groups in total. The second-order valence-corrected chi connectivity index (χ2v) is 4.91. The van der Waals surface area contributed by atoms with Gasteiger partial charge < -0.3 is 5.11 Å². The van der Waals surface area contributed by atoms with Crippen LogP contribution in [0.4, 0.5) is 0 Å². The van der Waals surface area contributed by atoms with Crippen molar-refractivity contribution in [1.82, 2.24) is 9.78 Å². The van der Waals surface area contributed by atoms with Crippen LogP contribution in [0.25, 0.3) is 5.57 Å². The van der Waals surface area contributed by atoms with Gasteiger partial charge in [0.1, 0.15) is 0 Å². The van der Waals surface area contributed by atoms with Gasteiger partial charge in [-0.05, 0) is 32.4 Å². The fourth-order valence-electron chi connectivity index (χ4n) is 1.92. The third-order valence-corrected chi connectivity index (χ3v) is 3.19. The molecule has 0 aliphatic carbocycles. The molecule has 0 radical (unpaired) electrons. The third kappa shape index (κ3) is 4.19. The molecule has 6 nitrogen and oxygen atoms in total. The largest absolute Gasteiger partial charge is 0.478 e. The molecule has 0 spiro atoms. The second-order valence-electron chi connectivity index (χ2n) is 4.91. The first kappa shape index (κ1) is 18.9. The lowest BCUT2D eigenvalue weighted by Gasteiger charge is -2.00. The summed E-state index contributed by atoms with van der Waals surface area (Å²) in [6.07, 6.45) is 9.59. The van der Waals surface area contributed by atoms with Crippen LogP contribution in [0.3, 0.4) is 0 Å². The lowest BCUT2D eigenvalue weighted by Crippen LogP contribution is -2.25. The van der Waals surface area contributed by atoms with E-state index in [1.54, 1.807) is 19.1 Å². The van der Waals surface area contributed by atoms with Gasteiger partial charge in [0.05, 0.1) is 11.1 Å². The van der Waals surface area contributed by atoms with Crippen LogP contribution >= 0.6 is 0 Å². The Hall–Kier alpha value is -3.15. The van der Waals surface area contributed by atoms with Crippen LogP contribution in [0.5, 0.6) is 0 Å². The maximum Gasteiger partial charge on any atom is 0.332 e. The Kier molecular flexibility index (Phi) is 6.67. The van der Waals surface area contributed by atoms with Crippen LogP contribution in [0.2, 0.25) is 0 Å². The van der Waals surface area contributed by atoms with Gasteiger partial charge >= 0.3 is 5.97 Å². The number of aliphatic carboxylic acids is 1. The van der Waals surface area contributed by atoms with Crippen LogP contribution in [0, 0.1) is 6.92 Å². The zero-order valence-corrected chi connectivity index (χ0v) is 14.0. The van der Waals surface area contributed by atoms with Crippen molar-refractivity contribution >= 4 is 17.4 Å². The van der Waals surface area contributed by atoms with Crippen molar-refractivity contribution in [3.05, 3.63) is 76.9 Å². The van der Waals surface area contributed by atoms with Gasteiger partial charge in [0, 0.05) is 11.9 Å². The number of carbonyl (C=O) groups is 1. The van der Waals surface area contributed by atoms with E-state index < -0.39 is 5.97 Å². The van der Waals surface area contributed by atoms with Gasteiger partial charge in [-0.1, -0.05) is 37.5 Å². The highest BCUT2D eigenvalue weighted by Crippen LogP contribution is 2.15. The van der Waals surface area contributed by atoms with Gasteiger partial charge in [-0.2, -0.15) is 0 Å². The highest BCUT2D eigenvalue weighted by molar-refractivity contribution is 5.95. The molecule has 0 amide bonds. The average Bonchev–Trinajstić information content (AvgIpc) is 2.84. The van der Waals surface area contributed by atoms with Gasteiger partial charge in [0.2, 0.25) is 0 Å². The summed E-state index contributed by atoms with van der Waals surface area (Å²) in [7, 11) is 0. The minimum Gasteiger partial charge on any atom is -0.478 e. The first-order valence-corrected chi connectivity index (χ1v) is 7.25. The Morgan fingerprint density at radius 1 is 1.33 bits per heavy atom. The number of carboxylic acid groups (broad SMARTS) is 1. The number of allylic oxidation sites excluding steroid dienone is 6. The predicted molar refractivity (Wildman–Crippen MR) is 97.2 cm³/mol. The maximum absolute atomic E-state index is 12.7. The Bertz CT molecular complexity index is 830. The maximum atomic E-state index is 12.7. The number of H-pyrrole nitrogens is 1. The number of hydrogen-bond donors (Lipinski definition) is 2. The molecule has 126 valence electrons. The molecule has 0 fully saturated rings. The van der Waals surface area contributed by atoms with E-state index in [2.05, 4.69) is 23.2 Å². The number of nitrogens with one attached hydrogen (secondary N) is 1. The van der Waals surface area contributed by atoms with E-state index in [9.17, 15) is 9.59 Å². The topological polar surface area (TPSA) is 87.4 Å². The second kappa shape index (κ2) is 8.47. The minimum absolute atomic E-state index is 0.0469. The van der Waals surface area contributed by atoms with Gasteiger partial charge in [0.15, 0.2) is 5.84 Å². The first-order chi connectivity index (χ1) is 11.4. The smallest absolute Gasteiger partial charge is 0.332 e. The molecule has 0 atom stereocenters. The lowest BCUT2D eigenvalue weighted by molar-refractivity contribution is -0.132. The van der Waals surface area contributed by atoms with Crippen LogP contribution in [0.1, 0.15) is 25.1 Å². The van der Waals surface area contributed by atoms with E-state index in [1.165, 1.54) is 23.9 Å². The number of carboxylic acids is 1. The number of nitrogens with zero attached hydrogens (tertiary/aromatic N) is 2. The minimum atomic E-state index is -1.08. The standard InChI is InChI=1S/C18H21N3O3/c1-6-9-10-14(7-2)16-13(5)20-21(17(16)22)15(8-3)19-11-12(4)18(23)24/h6-11,20H,2-3H2,1,4-5H3,(H,23,24)/b9-6-,12-11+,14-10+,19-15?. The van der Waals surface area contributed by atoms with Gasteiger partial charge in [-0.15, -0.1) is 0 Å². The van der Waals surface area contributed by atoms with Gasteiger partial charge in [0.25, 0.3) is 5.56 Å². The summed E-state index contributed by atoms with van der Waals surface area (Å²) < 4.78 is 1.22. The predicted octanol–water partition coefficient (Wildman–Crippen LogP) is 3.05. The van der Waals surface area contributed by atoms with Crippen molar-refractivity contribution < 1.29 is 9.90 Å². The molecule has 1 aromatic rings. The van der Waals surface area contributed by atoms with E-state index in [4.69, 9.17) is 5.11 Å². The van der Waals surface area contributed by atoms with Crippen molar-refractivity contribution in [3.8, 4) is 0 Å². The number of aliphatic imine (C=N–C) groups is 1. The molecule has 0 aliphatic rings. The summed E-state index contributed by atoms with van der Waals surface area (Å²) in [5.74, 6) is -0.884. The molecule has 0 unspecified atom stereocenters. The third-order valence-electron chi connectivity index (χ3n) is 3.19. The average molecular weight is 327 g/mol. The summed E-state index contributed by atoms with van der Waals surface area (Å²) in [5, 5.41) is 11.8. The van der Waals surface area contributed by atoms with Crippen LogP contribution in [-0.4, -0.2) is 26.7 Å². The fraction of sp³-hybridized carbons (Fsp3) is 0.167. The van der Waals surface area contributed by atoms with E-state index in [0.29, 0.717) is 16.8 Å². The molecule has 0 bridgehead atoms. The molecular formula is C18H21N3O3. The molecule has 0 aliphatic heterocycles. The SMILES string of the molecule is C=CC(=N/C=C(\C)C(=O)O)n1[nH]c(C)c(/C(C=C)=C/C=C\C)c1=O. The number of aromatic amines is 1.